The Labute approximate surface area is 102 Å². The number of anilines is 1. The molecule has 1 amide bonds. The fourth-order valence-electron chi connectivity index (χ4n) is 3.52. The highest BCUT2D eigenvalue weighted by Gasteiger charge is 2.42. The van der Waals surface area contributed by atoms with Crippen LogP contribution in [-0.2, 0) is 4.79 Å². The topological polar surface area (TPSA) is 29.1 Å². The first-order valence-corrected chi connectivity index (χ1v) is 6.60. The average molecular weight is 229 g/mol. The predicted molar refractivity (Wildman–Crippen MR) is 68.7 cm³/mol. The lowest BCUT2D eigenvalue weighted by molar-refractivity contribution is -0.121. The number of carbonyl (C=O) groups excluding carboxylic acids is 1. The Morgan fingerprint density at radius 1 is 1.29 bits per heavy atom. The van der Waals surface area contributed by atoms with Crippen LogP contribution in [0.15, 0.2) is 24.3 Å². The summed E-state index contributed by atoms with van der Waals surface area (Å²) in [6.07, 6.45) is 5.00. The van der Waals surface area contributed by atoms with Gasteiger partial charge in [-0.15, -0.1) is 0 Å². The van der Waals surface area contributed by atoms with Crippen molar-refractivity contribution in [2.45, 2.75) is 32.6 Å². The first-order valence-electron chi connectivity index (χ1n) is 6.60. The van der Waals surface area contributed by atoms with Gasteiger partial charge >= 0.3 is 0 Å². The number of carbonyl (C=O) groups is 1. The average Bonchev–Trinajstić information content (AvgIpc) is 2.90. The first-order chi connectivity index (χ1) is 8.22. The van der Waals surface area contributed by atoms with Crippen molar-refractivity contribution in [3.05, 3.63) is 29.8 Å². The molecule has 3 rings (SSSR count). The van der Waals surface area contributed by atoms with Crippen LogP contribution in [-0.4, -0.2) is 5.91 Å². The van der Waals surface area contributed by atoms with Crippen molar-refractivity contribution in [2.75, 3.05) is 5.32 Å². The molecule has 1 aromatic carbocycles. The predicted octanol–water partition coefficient (Wildman–Crippen LogP) is 3.37. The molecule has 0 aliphatic heterocycles. The van der Waals surface area contributed by atoms with Crippen molar-refractivity contribution in [1.29, 1.82) is 0 Å². The minimum Gasteiger partial charge on any atom is -0.326 e. The smallest absolute Gasteiger partial charge is 0.227 e. The lowest BCUT2D eigenvalue weighted by Gasteiger charge is -2.20. The lowest BCUT2D eigenvalue weighted by Crippen LogP contribution is -2.27. The summed E-state index contributed by atoms with van der Waals surface area (Å²) < 4.78 is 0. The van der Waals surface area contributed by atoms with Crippen molar-refractivity contribution < 1.29 is 4.79 Å². The maximum Gasteiger partial charge on any atom is 0.227 e. The van der Waals surface area contributed by atoms with Gasteiger partial charge in [0.2, 0.25) is 5.91 Å². The van der Waals surface area contributed by atoms with E-state index in [0.717, 1.165) is 18.0 Å². The van der Waals surface area contributed by atoms with Gasteiger partial charge in [0.1, 0.15) is 0 Å². The molecule has 0 aromatic heterocycles. The number of rotatable bonds is 2. The van der Waals surface area contributed by atoms with E-state index in [9.17, 15) is 4.79 Å². The van der Waals surface area contributed by atoms with Gasteiger partial charge in [-0.25, -0.2) is 0 Å². The summed E-state index contributed by atoms with van der Waals surface area (Å²) in [5, 5.41) is 3.07. The zero-order valence-corrected chi connectivity index (χ0v) is 10.3. The molecule has 0 saturated heterocycles. The molecular weight excluding hydrogens is 210 g/mol. The molecule has 2 fully saturated rings. The van der Waals surface area contributed by atoms with Crippen LogP contribution >= 0.6 is 0 Å². The van der Waals surface area contributed by atoms with Crippen LogP contribution < -0.4 is 5.32 Å². The quantitative estimate of drug-likeness (QED) is 0.827. The second kappa shape index (κ2) is 4.17. The zero-order chi connectivity index (χ0) is 11.8. The van der Waals surface area contributed by atoms with E-state index in [0.29, 0.717) is 5.92 Å². The van der Waals surface area contributed by atoms with Gasteiger partial charge in [-0.1, -0.05) is 18.6 Å². The molecule has 2 aliphatic carbocycles. The minimum absolute atomic E-state index is 0.239. The van der Waals surface area contributed by atoms with E-state index in [2.05, 4.69) is 5.32 Å². The third kappa shape index (κ3) is 2.08. The van der Waals surface area contributed by atoms with Gasteiger partial charge in [-0.3, -0.25) is 4.79 Å². The Morgan fingerprint density at radius 3 is 2.82 bits per heavy atom. The molecule has 2 saturated carbocycles. The molecule has 2 bridgehead atoms. The third-order valence-electron chi connectivity index (χ3n) is 4.36. The minimum atomic E-state index is 0.239. The van der Waals surface area contributed by atoms with E-state index >= 15 is 0 Å². The SMILES string of the molecule is Cc1cccc(NC(=O)[C@@H]2C[C@H]3CC[C@H]2C3)c1. The van der Waals surface area contributed by atoms with Crippen molar-refractivity contribution in [3.63, 3.8) is 0 Å². The van der Waals surface area contributed by atoms with Crippen molar-refractivity contribution >= 4 is 11.6 Å². The van der Waals surface area contributed by atoms with Crippen LogP contribution in [0.25, 0.3) is 0 Å². The van der Waals surface area contributed by atoms with Gasteiger partial charge < -0.3 is 5.32 Å². The third-order valence-corrected chi connectivity index (χ3v) is 4.36. The summed E-state index contributed by atoms with van der Waals surface area (Å²) in [7, 11) is 0. The Hall–Kier alpha value is -1.31. The van der Waals surface area contributed by atoms with Crippen LogP contribution in [0.5, 0.6) is 0 Å². The standard InChI is InChI=1S/C15H19NO/c1-10-3-2-4-13(7-10)16-15(17)14-9-11-5-6-12(14)8-11/h2-4,7,11-12,14H,5-6,8-9H2,1H3,(H,16,17)/t11-,12-,14+/m0/s1. The normalized spacial score (nSPS) is 30.5. The number of benzene rings is 1. The molecule has 2 nitrogen and oxygen atoms in total. The number of fused-ring (bicyclic) bond motifs is 2. The van der Waals surface area contributed by atoms with Crippen LogP contribution in [0.1, 0.15) is 31.2 Å². The van der Waals surface area contributed by atoms with Crippen LogP contribution in [0, 0.1) is 24.7 Å². The lowest BCUT2D eigenvalue weighted by atomic mass is 9.88. The van der Waals surface area contributed by atoms with Gasteiger partial charge in [0.05, 0.1) is 0 Å². The molecule has 0 heterocycles. The van der Waals surface area contributed by atoms with Crippen LogP contribution in [0.2, 0.25) is 0 Å². The summed E-state index contributed by atoms with van der Waals surface area (Å²) in [6.45, 7) is 2.05. The summed E-state index contributed by atoms with van der Waals surface area (Å²) in [5.41, 5.74) is 2.13. The molecule has 90 valence electrons. The van der Waals surface area contributed by atoms with Crippen LogP contribution in [0.3, 0.4) is 0 Å². The summed E-state index contributed by atoms with van der Waals surface area (Å²) in [5.74, 6) is 2.00. The Morgan fingerprint density at radius 2 is 2.18 bits per heavy atom. The van der Waals surface area contributed by atoms with Gasteiger partial charge in [-0.2, -0.15) is 0 Å². The molecule has 0 radical (unpaired) electrons. The van der Waals surface area contributed by atoms with Gasteiger partial charge in [-0.05, 0) is 55.7 Å². The second-order valence-corrected chi connectivity index (χ2v) is 5.64. The molecule has 0 unspecified atom stereocenters. The molecule has 17 heavy (non-hydrogen) atoms. The molecule has 1 aromatic rings. The summed E-state index contributed by atoms with van der Waals surface area (Å²) >= 11 is 0. The highest BCUT2D eigenvalue weighted by atomic mass is 16.1. The molecule has 2 heteroatoms. The molecule has 2 aliphatic rings. The van der Waals surface area contributed by atoms with Crippen molar-refractivity contribution in [2.24, 2.45) is 17.8 Å². The number of hydrogen-bond donors (Lipinski definition) is 1. The molecular formula is C15H19NO. The Bertz CT molecular complexity index is 440. The fraction of sp³-hybridized carbons (Fsp3) is 0.533. The van der Waals surface area contributed by atoms with Crippen LogP contribution in [0.4, 0.5) is 5.69 Å². The number of amides is 1. The van der Waals surface area contributed by atoms with Crippen molar-refractivity contribution in [3.8, 4) is 0 Å². The number of nitrogens with one attached hydrogen (secondary N) is 1. The monoisotopic (exact) mass is 229 g/mol. The van der Waals surface area contributed by atoms with E-state index < -0.39 is 0 Å². The highest BCUT2D eigenvalue weighted by Crippen LogP contribution is 2.48. The first kappa shape index (κ1) is 10.8. The van der Waals surface area contributed by atoms with E-state index in [1.54, 1.807) is 0 Å². The fourth-order valence-corrected chi connectivity index (χ4v) is 3.52. The van der Waals surface area contributed by atoms with E-state index in [-0.39, 0.29) is 11.8 Å². The largest absolute Gasteiger partial charge is 0.326 e. The maximum absolute atomic E-state index is 12.2. The van der Waals surface area contributed by atoms with Crippen molar-refractivity contribution in [1.82, 2.24) is 0 Å². The number of aryl methyl sites for hydroxylation is 1. The maximum atomic E-state index is 12.2. The molecule has 3 atom stereocenters. The van der Waals surface area contributed by atoms with E-state index in [4.69, 9.17) is 0 Å². The molecule has 1 N–H and O–H groups in total. The Balaban J connectivity index is 1.68. The Kier molecular flexibility index (Phi) is 2.65. The second-order valence-electron chi connectivity index (χ2n) is 5.64. The van der Waals surface area contributed by atoms with E-state index in [1.165, 1.54) is 24.8 Å². The van der Waals surface area contributed by atoms with Gasteiger partial charge in [0.25, 0.3) is 0 Å². The van der Waals surface area contributed by atoms with Gasteiger partial charge in [0.15, 0.2) is 0 Å². The summed E-state index contributed by atoms with van der Waals surface area (Å²) in [6, 6.07) is 8.04. The molecule has 0 spiro atoms. The summed E-state index contributed by atoms with van der Waals surface area (Å²) in [4.78, 5) is 12.2. The number of hydrogen-bond acceptors (Lipinski definition) is 1. The van der Waals surface area contributed by atoms with E-state index in [1.807, 2.05) is 31.2 Å². The van der Waals surface area contributed by atoms with Gasteiger partial charge in [0, 0.05) is 11.6 Å². The highest BCUT2D eigenvalue weighted by molar-refractivity contribution is 5.93. The zero-order valence-electron chi connectivity index (χ0n) is 10.3.